The maximum Gasteiger partial charge on any atom is 0.0487 e. The molecule has 116 valence electrons. The third-order valence-electron chi connectivity index (χ3n) is 6.74. The molecule has 0 aliphatic heterocycles. The van der Waals surface area contributed by atoms with Crippen LogP contribution < -0.4 is 0 Å². The molecule has 0 aromatic carbocycles. The molecule has 1 nitrogen and oxygen atoms in total. The van der Waals surface area contributed by atoms with Gasteiger partial charge in [0.25, 0.3) is 0 Å². The first-order valence-corrected chi connectivity index (χ1v) is 8.60. The summed E-state index contributed by atoms with van der Waals surface area (Å²) in [6.07, 6.45) is 11.0. The quantitative estimate of drug-likeness (QED) is 0.741. The number of rotatable bonds is 2. The van der Waals surface area contributed by atoms with Gasteiger partial charge in [0.2, 0.25) is 0 Å². The molecule has 1 heteroatoms. The van der Waals surface area contributed by atoms with Crippen molar-refractivity contribution in [3.8, 4) is 0 Å². The highest BCUT2D eigenvalue weighted by Crippen LogP contribution is 2.61. The van der Waals surface area contributed by atoms with E-state index in [1.807, 2.05) is 0 Å². The summed E-state index contributed by atoms with van der Waals surface area (Å²) in [5.74, 6) is 0.655. The Labute approximate surface area is 129 Å². The second-order valence-electron chi connectivity index (χ2n) is 8.13. The third-order valence-corrected chi connectivity index (χ3v) is 6.74. The molecule has 0 heterocycles. The van der Waals surface area contributed by atoms with Gasteiger partial charge >= 0.3 is 0 Å². The van der Waals surface area contributed by atoms with Gasteiger partial charge < -0.3 is 5.11 Å². The first kappa shape index (κ1) is 15.1. The SMILES string of the molecule is C=C(C)C1=CC2=C(CC1)C1(C)CCCC(C)(CO)C1CC2. The van der Waals surface area contributed by atoms with Crippen LogP contribution in [0, 0.1) is 16.7 Å². The minimum Gasteiger partial charge on any atom is -0.396 e. The lowest BCUT2D eigenvalue weighted by Gasteiger charge is -2.56. The Kier molecular flexibility index (Phi) is 3.68. The Balaban J connectivity index is 2.02. The summed E-state index contributed by atoms with van der Waals surface area (Å²) in [5, 5.41) is 9.97. The number of hydrogen-bond donors (Lipinski definition) is 1. The van der Waals surface area contributed by atoms with E-state index in [0.717, 1.165) is 6.42 Å². The molecule has 3 aliphatic carbocycles. The summed E-state index contributed by atoms with van der Waals surface area (Å²) in [4.78, 5) is 0. The molecule has 3 unspecified atom stereocenters. The van der Waals surface area contributed by atoms with Gasteiger partial charge in [0.1, 0.15) is 0 Å². The molecule has 0 spiro atoms. The molecule has 21 heavy (non-hydrogen) atoms. The fourth-order valence-electron chi connectivity index (χ4n) is 5.50. The van der Waals surface area contributed by atoms with Crippen molar-refractivity contribution in [2.24, 2.45) is 16.7 Å². The predicted octanol–water partition coefficient (Wildman–Crippen LogP) is 5.18. The Morgan fingerprint density at radius 2 is 2.05 bits per heavy atom. The largest absolute Gasteiger partial charge is 0.396 e. The Morgan fingerprint density at radius 1 is 1.29 bits per heavy atom. The summed E-state index contributed by atoms with van der Waals surface area (Å²) in [7, 11) is 0. The number of aliphatic hydroxyl groups excluding tert-OH is 1. The molecule has 0 aromatic heterocycles. The van der Waals surface area contributed by atoms with Crippen LogP contribution in [0.3, 0.4) is 0 Å². The second-order valence-corrected chi connectivity index (χ2v) is 8.13. The van der Waals surface area contributed by atoms with E-state index in [1.54, 1.807) is 11.1 Å². The van der Waals surface area contributed by atoms with Crippen molar-refractivity contribution in [3.05, 3.63) is 34.9 Å². The van der Waals surface area contributed by atoms with Crippen molar-refractivity contribution < 1.29 is 5.11 Å². The summed E-state index contributed by atoms with van der Waals surface area (Å²) in [6.45, 7) is 11.4. The minimum absolute atomic E-state index is 0.129. The maximum absolute atomic E-state index is 9.97. The molecule has 0 bridgehead atoms. The Bertz CT molecular complexity index is 524. The average Bonchev–Trinajstić information content (AvgIpc) is 2.46. The lowest BCUT2D eigenvalue weighted by Crippen LogP contribution is -2.48. The molecule has 0 amide bonds. The van der Waals surface area contributed by atoms with Crippen LogP contribution in [-0.2, 0) is 0 Å². The van der Waals surface area contributed by atoms with Gasteiger partial charge in [-0.05, 0) is 73.3 Å². The lowest BCUT2D eigenvalue weighted by molar-refractivity contribution is -0.0387. The van der Waals surface area contributed by atoms with Gasteiger partial charge in [0.15, 0.2) is 0 Å². The van der Waals surface area contributed by atoms with E-state index in [4.69, 9.17) is 0 Å². The Hall–Kier alpha value is -0.820. The average molecular weight is 286 g/mol. The zero-order valence-corrected chi connectivity index (χ0v) is 14.0. The third kappa shape index (κ3) is 2.25. The summed E-state index contributed by atoms with van der Waals surface area (Å²) in [6, 6.07) is 0. The Morgan fingerprint density at radius 3 is 2.71 bits per heavy atom. The van der Waals surface area contributed by atoms with Crippen LogP contribution in [-0.4, -0.2) is 11.7 Å². The van der Waals surface area contributed by atoms with Gasteiger partial charge in [-0.3, -0.25) is 0 Å². The van der Waals surface area contributed by atoms with Gasteiger partial charge in [0.05, 0.1) is 0 Å². The smallest absolute Gasteiger partial charge is 0.0487 e. The zero-order valence-electron chi connectivity index (χ0n) is 14.0. The standard InChI is InChI=1S/C20H30O/c1-14(2)15-6-8-17-16(12-15)7-9-18-19(3,13-21)10-5-11-20(17,18)4/h12,18,21H,1,5-11,13H2,2-4H3. The van der Waals surface area contributed by atoms with Crippen molar-refractivity contribution >= 4 is 0 Å². The molecule has 1 N–H and O–H groups in total. The van der Waals surface area contributed by atoms with Crippen LogP contribution in [0.15, 0.2) is 34.9 Å². The number of allylic oxidation sites excluding steroid dienone is 5. The maximum atomic E-state index is 9.97. The molecule has 3 atom stereocenters. The molecule has 3 rings (SSSR count). The normalized spacial score (nSPS) is 39.4. The fourth-order valence-corrected chi connectivity index (χ4v) is 5.50. The van der Waals surface area contributed by atoms with Crippen molar-refractivity contribution in [3.63, 3.8) is 0 Å². The van der Waals surface area contributed by atoms with E-state index in [-0.39, 0.29) is 5.41 Å². The molecule has 0 saturated heterocycles. The topological polar surface area (TPSA) is 20.2 Å². The van der Waals surface area contributed by atoms with Gasteiger partial charge in [-0.25, -0.2) is 0 Å². The van der Waals surface area contributed by atoms with Crippen LogP contribution in [0.1, 0.15) is 65.7 Å². The zero-order chi connectivity index (χ0) is 15.3. The number of aliphatic hydroxyl groups is 1. The van der Waals surface area contributed by atoms with Gasteiger partial charge in [-0.2, -0.15) is 0 Å². The van der Waals surface area contributed by atoms with E-state index in [0.29, 0.717) is 17.9 Å². The number of hydrogen-bond acceptors (Lipinski definition) is 1. The summed E-state index contributed by atoms with van der Waals surface area (Å²) in [5.41, 5.74) is 6.45. The predicted molar refractivity (Wildman–Crippen MR) is 89.0 cm³/mol. The molecule has 0 radical (unpaired) electrons. The van der Waals surface area contributed by atoms with E-state index in [1.165, 1.54) is 49.7 Å². The van der Waals surface area contributed by atoms with Crippen molar-refractivity contribution in [2.45, 2.75) is 65.7 Å². The lowest BCUT2D eigenvalue weighted by atomic mass is 9.49. The number of fused-ring (bicyclic) bond motifs is 2. The van der Waals surface area contributed by atoms with Crippen LogP contribution >= 0.6 is 0 Å². The van der Waals surface area contributed by atoms with Crippen molar-refractivity contribution in [1.29, 1.82) is 0 Å². The monoisotopic (exact) mass is 286 g/mol. The summed E-state index contributed by atoms with van der Waals surface area (Å²) >= 11 is 0. The van der Waals surface area contributed by atoms with E-state index >= 15 is 0 Å². The molecule has 1 saturated carbocycles. The van der Waals surface area contributed by atoms with Crippen LogP contribution in [0.4, 0.5) is 0 Å². The molecule has 1 fully saturated rings. The highest BCUT2D eigenvalue weighted by molar-refractivity contribution is 5.45. The van der Waals surface area contributed by atoms with Crippen LogP contribution in [0.25, 0.3) is 0 Å². The first-order chi connectivity index (χ1) is 9.90. The van der Waals surface area contributed by atoms with Crippen molar-refractivity contribution in [2.75, 3.05) is 6.61 Å². The minimum atomic E-state index is 0.129. The van der Waals surface area contributed by atoms with Crippen molar-refractivity contribution in [1.82, 2.24) is 0 Å². The highest BCUT2D eigenvalue weighted by Gasteiger charge is 2.52. The second kappa shape index (κ2) is 5.12. The van der Waals surface area contributed by atoms with Crippen LogP contribution in [0.2, 0.25) is 0 Å². The molecular formula is C20H30O. The van der Waals surface area contributed by atoms with E-state index < -0.39 is 0 Å². The van der Waals surface area contributed by atoms with Crippen LogP contribution in [0.5, 0.6) is 0 Å². The van der Waals surface area contributed by atoms with Gasteiger partial charge in [0, 0.05) is 6.61 Å². The van der Waals surface area contributed by atoms with E-state index in [2.05, 4.69) is 33.4 Å². The molecule has 0 aromatic rings. The fraction of sp³-hybridized carbons (Fsp3) is 0.700. The van der Waals surface area contributed by atoms with E-state index in [9.17, 15) is 5.11 Å². The highest BCUT2D eigenvalue weighted by atomic mass is 16.3. The first-order valence-electron chi connectivity index (χ1n) is 8.60. The summed E-state index contributed by atoms with van der Waals surface area (Å²) < 4.78 is 0. The molecule has 3 aliphatic rings. The van der Waals surface area contributed by atoms with Gasteiger partial charge in [-0.15, -0.1) is 0 Å². The van der Waals surface area contributed by atoms with Gasteiger partial charge in [-0.1, -0.05) is 44.1 Å². The molecular weight excluding hydrogens is 256 g/mol.